The molecular weight excluding hydrogens is 508 g/mol. The molecule has 2 heteroatoms. The normalized spacial score (nSPS) is 13.8. The maximum atomic E-state index is 8.51. The Kier molecular flexibility index (Phi) is 4.37. The van der Waals surface area contributed by atoms with Crippen LogP contribution in [0.1, 0.15) is 33.2 Å². The van der Waals surface area contributed by atoms with Gasteiger partial charge in [-0.15, -0.1) is 0 Å². The zero-order valence-corrected chi connectivity index (χ0v) is 23.8. The van der Waals surface area contributed by atoms with Gasteiger partial charge in [-0.1, -0.05) is 124 Å². The van der Waals surface area contributed by atoms with Crippen LogP contribution in [-0.4, -0.2) is 9.13 Å². The molecule has 8 aromatic rings. The van der Waals surface area contributed by atoms with Crippen molar-refractivity contribution in [1.29, 1.82) is 0 Å². The van der Waals surface area contributed by atoms with Gasteiger partial charge in [0, 0.05) is 32.8 Å². The number of hydrogen-bond donors (Lipinski definition) is 0. The molecule has 6 aromatic carbocycles. The fourth-order valence-corrected chi connectivity index (χ4v) is 6.59. The monoisotopic (exact) mass is 545 g/mol. The molecule has 0 radical (unpaired) electrons. The lowest BCUT2D eigenvalue weighted by molar-refractivity contribution is 0.591. The summed E-state index contributed by atoms with van der Waals surface area (Å²) in [7, 11) is 0. The zero-order valence-electron chi connectivity index (χ0n) is 28.8. The van der Waals surface area contributed by atoms with Crippen LogP contribution in [0.2, 0.25) is 0 Å². The summed E-state index contributed by atoms with van der Waals surface area (Å²) < 4.78 is 46.1. The predicted octanol–water partition coefficient (Wildman–Crippen LogP) is 10.8. The van der Waals surface area contributed by atoms with Crippen LogP contribution in [0.15, 0.2) is 139 Å². The number of fused-ring (bicyclic) bond motifs is 6. The molecular formula is C40H32N2. The molecule has 0 aliphatic heterocycles. The molecule has 0 aliphatic carbocycles. The van der Waals surface area contributed by atoms with E-state index in [9.17, 15) is 0 Å². The average Bonchev–Trinajstić information content (AvgIpc) is 3.59. The van der Waals surface area contributed by atoms with Crippen LogP contribution in [0, 0.1) is 0 Å². The SMILES string of the molecule is [2H]c1c([2H])c([2H])c(-c2ccc(-n3c4ccccc4c4ccc(-n5c6ccccc6c6ccccc65)c(C(C)(C)C)c43)cc2)c([2H])c1[2H]. The molecule has 0 unspecified atom stereocenters. The lowest BCUT2D eigenvalue weighted by Gasteiger charge is -2.27. The van der Waals surface area contributed by atoms with Gasteiger partial charge in [-0.2, -0.15) is 0 Å². The second-order valence-corrected chi connectivity index (χ2v) is 11.9. The van der Waals surface area contributed by atoms with E-state index in [2.05, 4.69) is 115 Å². The summed E-state index contributed by atoms with van der Waals surface area (Å²) >= 11 is 0. The number of benzene rings is 6. The standard InChI is InChI=1S/C40H32N2/c1-40(2,3)38-37(42-35-19-11-7-15-30(35)31-16-8-12-20-36(31)42)26-25-33-32-17-9-10-18-34(32)41(39(33)38)29-23-21-28(22-24-29)27-13-5-4-6-14-27/h4-26H,1-3H3/i4D,5D,6D,13D,14D. The summed E-state index contributed by atoms with van der Waals surface area (Å²) in [6.45, 7) is 6.80. The largest absolute Gasteiger partial charge is 0.309 e. The van der Waals surface area contributed by atoms with E-state index in [0.29, 0.717) is 5.56 Å². The van der Waals surface area contributed by atoms with E-state index in [1.807, 2.05) is 24.3 Å². The third kappa shape index (κ3) is 3.65. The highest BCUT2D eigenvalue weighted by Crippen LogP contribution is 2.43. The van der Waals surface area contributed by atoms with Gasteiger partial charge in [0.25, 0.3) is 0 Å². The van der Waals surface area contributed by atoms with Gasteiger partial charge in [0.2, 0.25) is 0 Å². The van der Waals surface area contributed by atoms with Crippen molar-refractivity contribution in [2.75, 3.05) is 0 Å². The molecule has 0 amide bonds. The maximum absolute atomic E-state index is 8.51. The lowest BCUT2D eigenvalue weighted by Crippen LogP contribution is -2.17. The summed E-state index contributed by atoms with van der Waals surface area (Å²) in [5.41, 5.74) is 8.31. The molecule has 0 atom stereocenters. The zero-order chi connectivity index (χ0) is 32.8. The Bertz CT molecular complexity index is 2470. The summed E-state index contributed by atoms with van der Waals surface area (Å²) in [6.07, 6.45) is 0. The molecule has 2 nitrogen and oxygen atoms in total. The molecule has 2 heterocycles. The van der Waals surface area contributed by atoms with E-state index in [-0.39, 0.29) is 41.2 Å². The highest BCUT2D eigenvalue weighted by molar-refractivity contribution is 6.13. The average molecular weight is 546 g/mol. The topological polar surface area (TPSA) is 9.86 Å². The Balaban J connectivity index is 1.45. The van der Waals surface area contributed by atoms with E-state index in [1.165, 1.54) is 16.3 Å². The van der Waals surface area contributed by atoms with Gasteiger partial charge < -0.3 is 9.13 Å². The van der Waals surface area contributed by atoms with Crippen molar-refractivity contribution in [2.45, 2.75) is 26.2 Å². The highest BCUT2D eigenvalue weighted by Gasteiger charge is 2.28. The van der Waals surface area contributed by atoms with Gasteiger partial charge in [0.05, 0.1) is 34.6 Å². The fraction of sp³-hybridized carbons (Fsp3) is 0.100. The van der Waals surface area contributed by atoms with Crippen molar-refractivity contribution in [2.24, 2.45) is 0 Å². The minimum atomic E-state index is -0.389. The van der Waals surface area contributed by atoms with Crippen molar-refractivity contribution >= 4 is 43.6 Å². The molecule has 42 heavy (non-hydrogen) atoms. The Morgan fingerprint density at radius 2 is 1.02 bits per heavy atom. The number of hydrogen-bond acceptors (Lipinski definition) is 0. The van der Waals surface area contributed by atoms with Crippen LogP contribution in [0.25, 0.3) is 66.1 Å². The van der Waals surface area contributed by atoms with Gasteiger partial charge in [-0.05, 0) is 52.9 Å². The van der Waals surface area contributed by atoms with Crippen molar-refractivity contribution in [3.8, 4) is 22.5 Å². The Labute approximate surface area is 253 Å². The van der Waals surface area contributed by atoms with Gasteiger partial charge in [0.15, 0.2) is 0 Å². The number of para-hydroxylation sites is 3. The Morgan fingerprint density at radius 3 is 1.60 bits per heavy atom. The van der Waals surface area contributed by atoms with E-state index in [0.717, 1.165) is 44.2 Å². The number of rotatable bonds is 3. The van der Waals surface area contributed by atoms with Crippen molar-refractivity contribution < 1.29 is 6.85 Å². The second-order valence-electron chi connectivity index (χ2n) is 11.9. The molecule has 202 valence electrons. The molecule has 2 aromatic heterocycles. The van der Waals surface area contributed by atoms with Crippen LogP contribution in [-0.2, 0) is 5.41 Å². The molecule has 0 N–H and O–H groups in total. The first-order valence-electron chi connectivity index (χ1n) is 16.8. The second kappa shape index (κ2) is 9.22. The number of nitrogens with zero attached hydrogens (tertiary/aromatic N) is 2. The third-order valence-electron chi connectivity index (χ3n) is 8.30. The minimum absolute atomic E-state index is 0.202. The van der Waals surface area contributed by atoms with Crippen LogP contribution in [0.5, 0.6) is 0 Å². The predicted molar refractivity (Wildman–Crippen MR) is 179 cm³/mol. The highest BCUT2D eigenvalue weighted by atomic mass is 15.0. The molecule has 0 aliphatic rings. The van der Waals surface area contributed by atoms with Crippen LogP contribution >= 0.6 is 0 Å². The molecule has 0 saturated carbocycles. The Hall–Kier alpha value is -5.08. The molecule has 8 rings (SSSR count). The van der Waals surface area contributed by atoms with Crippen molar-refractivity contribution in [3.05, 3.63) is 145 Å². The fourth-order valence-electron chi connectivity index (χ4n) is 6.59. The van der Waals surface area contributed by atoms with Crippen molar-refractivity contribution in [1.82, 2.24) is 9.13 Å². The third-order valence-corrected chi connectivity index (χ3v) is 8.30. The first-order valence-corrected chi connectivity index (χ1v) is 14.3. The van der Waals surface area contributed by atoms with E-state index in [1.54, 1.807) is 0 Å². The lowest BCUT2D eigenvalue weighted by atomic mass is 9.84. The maximum Gasteiger partial charge on any atom is 0.0629 e. The van der Waals surface area contributed by atoms with E-state index in [4.69, 9.17) is 6.85 Å². The van der Waals surface area contributed by atoms with Gasteiger partial charge in [-0.25, -0.2) is 0 Å². The van der Waals surface area contributed by atoms with Gasteiger partial charge >= 0.3 is 0 Å². The van der Waals surface area contributed by atoms with Gasteiger partial charge in [0.1, 0.15) is 0 Å². The summed E-state index contributed by atoms with van der Waals surface area (Å²) in [4.78, 5) is 0. The van der Waals surface area contributed by atoms with Crippen molar-refractivity contribution in [3.63, 3.8) is 0 Å². The molecule has 0 spiro atoms. The summed E-state index contributed by atoms with van der Waals surface area (Å²) in [6, 6.07) is 36.3. The first kappa shape index (κ1) is 19.9. The smallest absolute Gasteiger partial charge is 0.0629 e. The summed E-state index contributed by atoms with van der Waals surface area (Å²) in [5.74, 6) is 0. The summed E-state index contributed by atoms with van der Waals surface area (Å²) in [5, 5.41) is 4.74. The molecule has 0 saturated heterocycles. The van der Waals surface area contributed by atoms with Crippen LogP contribution < -0.4 is 0 Å². The van der Waals surface area contributed by atoms with Crippen LogP contribution in [0.4, 0.5) is 0 Å². The van der Waals surface area contributed by atoms with E-state index >= 15 is 0 Å². The van der Waals surface area contributed by atoms with E-state index < -0.39 is 0 Å². The minimum Gasteiger partial charge on any atom is -0.309 e. The Morgan fingerprint density at radius 1 is 0.500 bits per heavy atom. The first-order chi connectivity index (χ1) is 22.6. The molecule has 0 fully saturated rings. The van der Waals surface area contributed by atoms with Gasteiger partial charge in [-0.3, -0.25) is 0 Å². The van der Waals surface area contributed by atoms with Crippen LogP contribution in [0.3, 0.4) is 0 Å². The quantitative estimate of drug-likeness (QED) is 0.209. The number of aromatic nitrogens is 2. The molecule has 0 bridgehead atoms.